The Morgan fingerprint density at radius 3 is 2.74 bits per heavy atom. The fraction of sp³-hybridized carbons (Fsp3) is 0.308. The first-order chi connectivity index (χ1) is 18.2. The molecule has 0 spiro atoms. The van der Waals surface area contributed by atoms with Crippen LogP contribution < -0.4 is 16.0 Å². The lowest BCUT2D eigenvalue weighted by atomic mass is 9.68. The van der Waals surface area contributed by atoms with Gasteiger partial charge < -0.3 is 11.1 Å². The van der Waals surface area contributed by atoms with Gasteiger partial charge in [-0.3, -0.25) is 14.5 Å². The molecule has 3 aromatic rings. The highest BCUT2D eigenvalue weighted by molar-refractivity contribution is 8.01. The Hall–Kier alpha value is -3.53. The van der Waals surface area contributed by atoms with E-state index in [1.54, 1.807) is 16.5 Å². The van der Waals surface area contributed by atoms with Gasteiger partial charge >= 0.3 is 0 Å². The second-order valence-electron chi connectivity index (χ2n) is 9.92. The number of rotatable bonds is 6. The number of anilines is 2. The number of hydrogen-bond acceptors (Lipinski definition) is 11. The molecule has 0 radical (unpaired) electrons. The topological polar surface area (TPSA) is 138 Å². The van der Waals surface area contributed by atoms with E-state index in [9.17, 15) is 14.9 Å². The SMILES string of the molecule is Cc1ccc(C2C(C#N)=C(N)N(c3nnc(SCC(=O)Nc4nccs4)s3)C3=C2C(=O)CC(C)(C)C3)cc1. The van der Waals surface area contributed by atoms with Crippen LogP contribution in [-0.2, 0) is 9.59 Å². The molecule has 38 heavy (non-hydrogen) atoms. The number of aromatic nitrogens is 3. The summed E-state index contributed by atoms with van der Waals surface area (Å²) in [6.07, 6.45) is 2.60. The molecule has 9 nitrogen and oxygen atoms in total. The quantitative estimate of drug-likeness (QED) is 0.398. The molecule has 5 rings (SSSR count). The first-order valence-electron chi connectivity index (χ1n) is 11.8. The molecule has 3 N–H and O–H groups in total. The molecule has 3 heterocycles. The van der Waals surface area contributed by atoms with Crippen molar-refractivity contribution in [3.05, 3.63) is 69.6 Å². The van der Waals surface area contributed by atoms with Gasteiger partial charge in [0.1, 0.15) is 5.82 Å². The molecule has 1 aromatic carbocycles. The highest BCUT2D eigenvalue weighted by Gasteiger charge is 2.45. The molecule has 12 heteroatoms. The fourth-order valence-corrected chi connectivity index (χ4v) is 6.96. The van der Waals surface area contributed by atoms with Gasteiger partial charge in [-0.1, -0.05) is 66.8 Å². The molecule has 0 fully saturated rings. The van der Waals surface area contributed by atoms with Gasteiger partial charge in [0.15, 0.2) is 15.3 Å². The van der Waals surface area contributed by atoms with Crippen LogP contribution in [0.5, 0.6) is 0 Å². The van der Waals surface area contributed by atoms with Crippen molar-refractivity contribution < 1.29 is 9.59 Å². The number of thiazole rings is 1. The monoisotopic (exact) mass is 563 g/mol. The van der Waals surface area contributed by atoms with E-state index in [0.29, 0.717) is 38.6 Å². The Bertz CT molecular complexity index is 1500. The molecule has 1 atom stereocenters. The average molecular weight is 564 g/mol. The van der Waals surface area contributed by atoms with Crippen LogP contribution in [0.4, 0.5) is 10.3 Å². The smallest absolute Gasteiger partial charge is 0.236 e. The standard InChI is InChI=1S/C26H25N7O2S3/c1-14-4-6-15(7-5-14)20-16(12-27)22(28)33(17-10-26(2,3)11-18(34)21(17)20)24-31-32-25(38-24)37-13-19(35)30-23-29-8-9-36-23/h4-9,20H,10-11,13,28H2,1-3H3,(H,29,30,35). The molecule has 0 bridgehead atoms. The minimum Gasteiger partial charge on any atom is -0.384 e. The van der Waals surface area contributed by atoms with Crippen LogP contribution in [0.2, 0.25) is 0 Å². The predicted molar refractivity (Wildman–Crippen MR) is 150 cm³/mol. The second-order valence-corrected chi connectivity index (χ2v) is 13.0. The summed E-state index contributed by atoms with van der Waals surface area (Å²) < 4.78 is 0.574. The van der Waals surface area contributed by atoms with E-state index < -0.39 is 5.92 Å². The van der Waals surface area contributed by atoms with Crippen molar-refractivity contribution in [1.29, 1.82) is 5.26 Å². The van der Waals surface area contributed by atoms with E-state index in [1.165, 1.54) is 34.4 Å². The number of Topliss-reactive ketones (excluding diaryl/α,β-unsaturated/α-hetero) is 1. The predicted octanol–water partition coefficient (Wildman–Crippen LogP) is 4.97. The van der Waals surface area contributed by atoms with Crippen molar-refractivity contribution in [2.24, 2.45) is 11.1 Å². The summed E-state index contributed by atoms with van der Waals surface area (Å²) in [5.41, 5.74) is 9.99. The zero-order valence-electron chi connectivity index (χ0n) is 21.0. The second kappa shape index (κ2) is 10.3. The summed E-state index contributed by atoms with van der Waals surface area (Å²) in [7, 11) is 0. The van der Waals surface area contributed by atoms with Gasteiger partial charge in [0.2, 0.25) is 11.0 Å². The summed E-state index contributed by atoms with van der Waals surface area (Å²) in [5.74, 6) is -0.345. The molecule has 2 aromatic heterocycles. The number of benzene rings is 1. The van der Waals surface area contributed by atoms with Gasteiger partial charge in [0.05, 0.1) is 23.3 Å². The third-order valence-electron chi connectivity index (χ3n) is 6.38. The van der Waals surface area contributed by atoms with E-state index in [4.69, 9.17) is 5.73 Å². The number of allylic oxidation sites excluding steroid dienone is 3. The van der Waals surface area contributed by atoms with Gasteiger partial charge in [-0.05, 0) is 24.3 Å². The number of carbonyl (C=O) groups excluding carboxylic acids is 2. The number of aryl methyl sites for hydroxylation is 1. The Morgan fingerprint density at radius 2 is 2.05 bits per heavy atom. The Balaban J connectivity index is 1.50. The van der Waals surface area contributed by atoms with Crippen LogP contribution in [-0.4, -0.2) is 32.6 Å². The zero-order valence-corrected chi connectivity index (χ0v) is 23.5. The molecule has 0 saturated heterocycles. The summed E-state index contributed by atoms with van der Waals surface area (Å²) in [6, 6.07) is 10.1. The van der Waals surface area contributed by atoms with E-state index in [1.807, 2.05) is 31.2 Å². The Labute approximate surface area is 232 Å². The number of nitriles is 1. The van der Waals surface area contributed by atoms with Crippen molar-refractivity contribution in [3.8, 4) is 6.07 Å². The van der Waals surface area contributed by atoms with Crippen molar-refractivity contribution in [2.45, 2.75) is 43.9 Å². The summed E-state index contributed by atoms with van der Waals surface area (Å²) >= 11 is 3.86. The minimum absolute atomic E-state index is 0.00467. The van der Waals surface area contributed by atoms with Crippen LogP contribution in [0, 0.1) is 23.7 Å². The molecule has 1 aliphatic carbocycles. The van der Waals surface area contributed by atoms with Gasteiger partial charge in [-0.2, -0.15) is 5.26 Å². The largest absolute Gasteiger partial charge is 0.384 e. The molecule has 194 valence electrons. The number of nitrogens with two attached hydrogens (primary N) is 1. The van der Waals surface area contributed by atoms with Crippen molar-refractivity contribution >= 4 is 56.4 Å². The average Bonchev–Trinajstić information content (AvgIpc) is 3.54. The molecule has 2 aliphatic rings. The zero-order chi connectivity index (χ0) is 27.0. The van der Waals surface area contributed by atoms with Crippen molar-refractivity contribution in [2.75, 3.05) is 16.0 Å². The molecular formula is C26H25N7O2S3. The molecule has 1 aliphatic heterocycles. The maximum Gasteiger partial charge on any atom is 0.236 e. The summed E-state index contributed by atoms with van der Waals surface area (Å²) in [5, 5.41) is 24.3. The Morgan fingerprint density at radius 1 is 1.29 bits per heavy atom. The number of carbonyl (C=O) groups is 2. The molecule has 1 unspecified atom stereocenters. The lowest BCUT2D eigenvalue weighted by molar-refractivity contribution is -0.118. The van der Waals surface area contributed by atoms with E-state index in [2.05, 4.69) is 40.4 Å². The maximum absolute atomic E-state index is 13.6. The van der Waals surface area contributed by atoms with Crippen molar-refractivity contribution in [3.63, 3.8) is 0 Å². The Kier molecular flexibility index (Phi) is 7.09. The van der Waals surface area contributed by atoms with Gasteiger partial charge in [-0.15, -0.1) is 21.5 Å². The van der Waals surface area contributed by atoms with E-state index in [0.717, 1.165) is 16.8 Å². The lowest BCUT2D eigenvalue weighted by Crippen LogP contribution is -2.42. The first kappa shape index (κ1) is 26.1. The van der Waals surface area contributed by atoms with Gasteiger partial charge in [0, 0.05) is 29.3 Å². The van der Waals surface area contributed by atoms with E-state index in [-0.39, 0.29) is 28.7 Å². The van der Waals surface area contributed by atoms with Gasteiger partial charge in [0.25, 0.3) is 0 Å². The number of ketones is 1. The van der Waals surface area contributed by atoms with Crippen LogP contribution >= 0.6 is 34.4 Å². The maximum atomic E-state index is 13.6. The van der Waals surface area contributed by atoms with Crippen LogP contribution in [0.15, 0.2) is 62.8 Å². The third kappa shape index (κ3) is 5.09. The fourth-order valence-electron chi connectivity index (χ4n) is 4.74. The summed E-state index contributed by atoms with van der Waals surface area (Å²) in [6.45, 7) is 6.10. The molecular weight excluding hydrogens is 539 g/mol. The van der Waals surface area contributed by atoms with Crippen molar-refractivity contribution in [1.82, 2.24) is 15.2 Å². The highest BCUT2D eigenvalue weighted by atomic mass is 32.2. The molecule has 1 amide bonds. The van der Waals surface area contributed by atoms with Crippen LogP contribution in [0.1, 0.15) is 43.7 Å². The molecule has 0 saturated carbocycles. The van der Waals surface area contributed by atoms with Crippen LogP contribution in [0.25, 0.3) is 0 Å². The number of nitrogens with zero attached hydrogens (tertiary/aromatic N) is 5. The first-order valence-corrected chi connectivity index (χ1v) is 14.5. The number of amides is 1. The highest BCUT2D eigenvalue weighted by Crippen LogP contribution is 2.50. The minimum atomic E-state index is -0.535. The number of hydrogen-bond donors (Lipinski definition) is 2. The normalized spacial score (nSPS) is 18.8. The van der Waals surface area contributed by atoms with Crippen LogP contribution in [0.3, 0.4) is 0 Å². The lowest BCUT2D eigenvalue weighted by Gasteiger charge is -2.42. The number of thioether (sulfide) groups is 1. The van der Waals surface area contributed by atoms with Gasteiger partial charge in [-0.25, -0.2) is 4.98 Å². The summed E-state index contributed by atoms with van der Waals surface area (Å²) in [4.78, 5) is 31.7. The van der Waals surface area contributed by atoms with E-state index >= 15 is 0 Å². The third-order valence-corrected chi connectivity index (χ3v) is 9.11. The number of nitrogens with one attached hydrogen (secondary N) is 1.